The maximum absolute atomic E-state index is 13.5. The number of hydrogen-bond acceptors (Lipinski definition) is 7. The number of amides is 1. The highest BCUT2D eigenvalue weighted by Gasteiger charge is 2.72. The zero-order chi connectivity index (χ0) is 24.5. The van der Waals surface area contributed by atoms with Crippen LogP contribution in [0.1, 0.15) is 56.4 Å². The molecule has 1 aliphatic heterocycles. The van der Waals surface area contributed by atoms with Gasteiger partial charge in [-0.05, 0) is 43.7 Å². The molecular weight excluding hydrogens is 448 g/mol. The summed E-state index contributed by atoms with van der Waals surface area (Å²) in [5.74, 6) is -0.677. The molecule has 1 amide bonds. The molecule has 34 heavy (non-hydrogen) atoms. The number of anilines is 1. The van der Waals surface area contributed by atoms with E-state index in [4.69, 9.17) is 9.47 Å². The van der Waals surface area contributed by atoms with E-state index in [1.165, 1.54) is 6.07 Å². The SMILES string of the molecule is CCC(CC)(NC(=O)c1ccc(N2CC(F)C2)c(O[C@H]2CC23C[C@@H]3CO)n1)C(=O)OCCCF. The molecule has 1 spiro atoms. The molecule has 1 aromatic rings. The summed E-state index contributed by atoms with van der Waals surface area (Å²) in [6.07, 6.45) is 1.41. The third-order valence-corrected chi connectivity index (χ3v) is 7.51. The van der Waals surface area contributed by atoms with Gasteiger partial charge in [-0.3, -0.25) is 9.18 Å². The molecule has 188 valence electrons. The molecule has 1 unspecified atom stereocenters. The first-order valence-electron chi connectivity index (χ1n) is 12.1. The van der Waals surface area contributed by atoms with Crippen LogP contribution >= 0.6 is 0 Å². The molecule has 3 aliphatic rings. The van der Waals surface area contributed by atoms with E-state index >= 15 is 0 Å². The van der Waals surface area contributed by atoms with Crippen LogP contribution in [0.3, 0.4) is 0 Å². The molecular formula is C24H33F2N3O5. The van der Waals surface area contributed by atoms with Gasteiger partial charge in [-0.1, -0.05) is 13.8 Å². The Balaban J connectivity index is 1.51. The Morgan fingerprint density at radius 1 is 1.29 bits per heavy atom. The van der Waals surface area contributed by atoms with Crippen molar-refractivity contribution < 1.29 is 33.0 Å². The molecule has 3 atom stereocenters. The zero-order valence-corrected chi connectivity index (χ0v) is 19.7. The van der Waals surface area contributed by atoms with Crippen LogP contribution in [0.25, 0.3) is 0 Å². The minimum absolute atomic E-state index is 0.00746. The fraction of sp³-hybridized carbons (Fsp3) is 0.708. The van der Waals surface area contributed by atoms with Crippen LogP contribution in [0.5, 0.6) is 5.88 Å². The van der Waals surface area contributed by atoms with Gasteiger partial charge in [0.1, 0.15) is 29.2 Å². The Morgan fingerprint density at radius 2 is 2.03 bits per heavy atom. The lowest BCUT2D eigenvalue weighted by atomic mass is 9.92. The molecule has 3 fully saturated rings. The lowest BCUT2D eigenvalue weighted by Gasteiger charge is -2.37. The van der Waals surface area contributed by atoms with E-state index in [0.29, 0.717) is 18.5 Å². The first-order valence-corrected chi connectivity index (χ1v) is 12.1. The van der Waals surface area contributed by atoms with Crippen molar-refractivity contribution in [2.75, 3.05) is 37.9 Å². The number of nitrogens with zero attached hydrogens (tertiary/aromatic N) is 2. The number of aliphatic hydroxyl groups excluding tert-OH is 1. The highest BCUT2D eigenvalue weighted by Crippen LogP contribution is 2.71. The van der Waals surface area contributed by atoms with Crippen LogP contribution in [0.15, 0.2) is 12.1 Å². The van der Waals surface area contributed by atoms with E-state index in [0.717, 1.165) is 12.8 Å². The first kappa shape index (κ1) is 24.6. The Bertz CT molecular complexity index is 922. The van der Waals surface area contributed by atoms with Crippen molar-refractivity contribution >= 4 is 17.6 Å². The van der Waals surface area contributed by atoms with Crippen molar-refractivity contribution in [2.24, 2.45) is 11.3 Å². The summed E-state index contributed by atoms with van der Waals surface area (Å²) in [6.45, 7) is 3.48. The number of carbonyl (C=O) groups excluding carboxylic acids is 2. The topological polar surface area (TPSA) is 101 Å². The summed E-state index contributed by atoms with van der Waals surface area (Å²) in [4.78, 5) is 32.1. The minimum atomic E-state index is -1.25. The fourth-order valence-corrected chi connectivity index (χ4v) is 4.78. The van der Waals surface area contributed by atoms with E-state index in [9.17, 15) is 23.5 Å². The molecule has 2 saturated carbocycles. The second-order valence-corrected chi connectivity index (χ2v) is 9.57. The lowest BCUT2D eigenvalue weighted by molar-refractivity contribution is -0.152. The van der Waals surface area contributed by atoms with Gasteiger partial charge in [-0.2, -0.15) is 0 Å². The predicted molar refractivity (Wildman–Crippen MR) is 120 cm³/mol. The van der Waals surface area contributed by atoms with Gasteiger partial charge in [0.05, 0.1) is 26.4 Å². The molecule has 2 heterocycles. The second-order valence-electron chi connectivity index (χ2n) is 9.57. The molecule has 1 saturated heterocycles. The van der Waals surface area contributed by atoms with Crippen LogP contribution in [-0.2, 0) is 9.53 Å². The van der Waals surface area contributed by atoms with Crippen molar-refractivity contribution in [1.82, 2.24) is 10.3 Å². The van der Waals surface area contributed by atoms with Crippen LogP contribution in [0.2, 0.25) is 0 Å². The normalized spacial score (nSPS) is 25.6. The Hall–Kier alpha value is -2.49. The molecule has 10 heteroatoms. The smallest absolute Gasteiger partial charge is 0.331 e. The first-order chi connectivity index (χ1) is 16.3. The number of nitrogens with one attached hydrogen (secondary N) is 1. The van der Waals surface area contributed by atoms with E-state index < -0.39 is 30.3 Å². The highest BCUT2D eigenvalue weighted by molar-refractivity contribution is 5.97. The maximum atomic E-state index is 13.5. The van der Waals surface area contributed by atoms with Crippen molar-refractivity contribution in [3.63, 3.8) is 0 Å². The summed E-state index contributed by atoms with van der Waals surface area (Å²) < 4.78 is 37.2. The maximum Gasteiger partial charge on any atom is 0.331 e. The largest absolute Gasteiger partial charge is 0.472 e. The summed E-state index contributed by atoms with van der Waals surface area (Å²) >= 11 is 0. The van der Waals surface area contributed by atoms with Crippen molar-refractivity contribution in [1.29, 1.82) is 0 Å². The third-order valence-electron chi connectivity index (χ3n) is 7.51. The number of rotatable bonds is 12. The van der Waals surface area contributed by atoms with E-state index in [2.05, 4.69) is 10.3 Å². The van der Waals surface area contributed by atoms with Gasteiger partial charge in [0, 0.05) is 18.4 Å². The standard InChI is InChI=1S/C24H33F2N3O5/c1-3-24(4-2,22(32)33-9-5-8-25)28-20(31)17-6-7-18(29-12-16(26)13-29)21(27-17)34-19-11-23(19)10-15(23)14-30/h6-7,15-16,19,30H,3-5,8-14H2,1-2H3,(H,28,31)/t15-,19+,23?/m1/s1. The summed E-state index contributed by atoms with van der Waals surface area (Å²) in [5, 5.41) is 12.2. The minimum Gasteiger partial charge on any atom is -0.472 e. The molecule has 0 radical (unpaired) electrons. The number of aromatic nitrogens is 1. The van der Waals surface area contributed by atoms with Gasteiger partial charge < -0.3 is 24.8 Å². The van der Waals surface area contributed by atoms with Crippen LogP contribution in [0.4, 0.5) is 14.5 Å². The van der Waals surface area contributed by atoms with Gasteiger partial charge in [0.2, 0.25) is 5.88 Å². The van der Waals surface area contributed by atoms with Gasteiger partial charge in [0.25, 0.3) is 5.91 Å². The van der Waals surface area contributed by atoms with Crippen LogP contribution < -0.4 is 15.0 Å². The number of alkyl halides is 2. The van der Waals surface area contributed by atoms with E-state index in [1.807, 2.05) is 4.90 Å². The van der Waals surface area contributed by atoms with Gasteiger partial charge >= 0.3 is 5.97 Å². The predicted octanol–water partition coefficient (Wildman–Crippen LogP) is 2.58. The molecule has 8 nitrogen and oxygen atoms in total. The van der Waals surface area contributed by atoms with Gasteiger partial charge in [0.15, 0.2) is 0 Å². The highest BCUT2D eigenvalue weighted by atomic mass is 19.1. The van der Waals surface area contributed by atoms with Gasteiger partial charge in [-0.15, -0.1) is 0 Å². The lowest BCUT2D eigenvalue weighted by Crippen LogP contribution is -2.54. The molecule has 1 aromatic heterocycles. The van der Waals surface area contributed by atoms with Crippen LogP contribution in [-0.4, -0.2) is 72.8 Å². The molecule has 4 rings (SSSR count). The number of carbonyl (C=O) groups is 2. The summed E-state index contributed by atoms with van der Waals surface area (Å²) in [5.41, 5.74) is -0.567. The monoisotopic (exact) mass is 481 g/mol. The van der Waals surface area contributed by atoms with Gasteiger partial charge in [-0.25, -0.2) is 14.2 Å². The number of pyridine rings is 1. The number of hydrogen-bond donors (Lipinski definition) is 2. The van der Waals surface area contributed by atoms with Crippen molar-refractivity contribution in [2.45, 2.75) is 63.8 Å². The Morgan fingerprint density at radius 3 is 2.62 bits per heavy atom. The molecule has 2 aliphatic carbocycles. The Kier molecular flexibility index (Phi) is 6.98. The average molecular weight is 482 g/mol. The summed E-state index contributed by atoms with van der Waals surface area (Å²) in [7, 11) is 0. The van der Waals surface area contributed by atoms with Crippen molar-refractivity contribution in [3.05, 3.63) is 17.8 Å². The zero-order valence-electron chi connectivity index (χ0n) is 19.7. The molecule has 2 N–H and O–H groups in total. The van der Waals surface area contributed by atoms with Crippen LogP contribution in [0, 0.1) is 11.3 Å². The third kappa shape index (κ3) is 4.56. The van der Waals surface area contributed by atoms with E-state index in [-0.39, 0.29) is 61.7 Å². The fourth-order valence-electron chi connectivity index (χ4n) is 4.78. The van der Waals surface area contributed by atoms with Crippen molar-refractivity contribution in [3.8, 4) is 5.88 Å². The summed E-state index contributed by atoms with van der Waals surface area (Å²) in [6, 6.07) is 3.22. The number of ether oxygens (including phenoxy) is 2. The van der Waals surface area contributed by atoms with E-state index in [1.54, 1.807) is 19.9 Å². The second kappa shape index (κ2) is 9.64. The number of aliphatic hydroxyl groups is 1. The molecule has 0 aromatic carbocycles. The Labute approximate surface area is 198 Å². The average Bonchev–Trinajstić information content (AvgIpc) is 3.72. The quantitative estimate of drug-likeness (QED) is 0.350. The molecule has 0 bridgehead atoms. The number of halogens is 2. The number of esters is 1.